The van der Waals surface area contributed by atoms with Crippen LogP contribution in [0.25, 0.3) is 0 Å². The first-order chi connectivity index (χ1) is 8.62. The maximum atomic E-state index is 11.6. The molecular formula is C12H15N3O3. The van der Waals surface area contributed by atoms with Gasteiger partial charge in [0.1, 0.15) is 5.82 Å². The minimum Gasteiger partial charge on any atom is -0.478 e. The van der Waals surface area contributed by atoms with E-state index in [1.807, 2.05) is 13.0 Å². The number of aryl methyl sites for hydroxylation is 1. The second-order valence-electron chi connectivity index (χ2n) is 3.43. The first kappa shape index (κ1) is 13.9. The Hall–Kier alpha value is -2.16. The standard InChI is InChI=1S/C12H15N3O3/c1-4-17-11-6-10(14-8(3)15-11)9(7-13)12(16)18-5-2/h6,9H,4-5H2,1-3H3. The number of nitrogens with zero attached hydrogens (tertiary/aromatic N) is 3. The van der Waals surface area contributed by atoms with E-state index in [-0.39, 0.29) is 6.61 Å². The summed E-state index contributed by atoms with van der Waals surface area (Å²) in [5.41, 5.74) is 0.298. The Morgan fingerprint density at radius 1 is 1.44 bits per heavy atom. The highest BCUT2D eigenvalue weighted by molar-refractivity contribution is 5.80. The molecule has 0 aliphatic heterocycles. The van der Waals surface area contributed by atoms with Gasteiger partial charge in [0.15, 0.2) is 5.92 Å². The van der Waals surface area contributed by atoms with Crippen molar-refractivity contribution in [2.75, 3.05) is 13.2 Å². The second-order valence-corrected chi connectivity index (χ2v) is 3.43. The van der Waals surface area contributed by atoms with Crippen LogP contribution in [0, 0.1) is 18.3 Å². The van der Waals surface area contributed by atoms with Crippen LogP contribution in [0.1, 0.15) is 31.3 Å². The molecule has 0 bridgehead atoms. The van der Waals surface area contributed by atoms with Gasteiger partial charge >= 0.3 is 5.97 Å². The molecule has 1 aromatic rings. The average Bonchev–Trinajstić information content (AvgIpc) is 2.30. The molecule has 1 heterocycles. The Kier molecular flexibility index (Phi) is 5.06. The first-order valence-corrected chi connectivity index (χ1v) is 5.67. The van der Waals surface area contributed by atoms with Gasteiger partial charge in [0, 0.05) is 6.07 Å². The van der Waals surface area contributed by atoms with Gasteiger partial charge in [0.05, 0.1) is 25.0 Å². The molecule has 0 aromatic carbocycles. The predicted molar refractivity (Wildman–Crippen MR) is 62.9 cm³/mol. The SMILES string of the molecule is CCOC(=O)C(C#N)c1cc(OCC)nc(C)n1. The fourth-order valence-electron chi connectivity index (χ4n) is 1.40. The van der Waals surface area contributed by atoms with Crippen molar-refractivity contribution in [1.29, 1.82) is 5.26 Å². The number of carbonyl (C=O) groups excluding carboxylic acids is 1. The molecule has 0 N–H and O–H groups in total. The van der Waals surface area contributed by atoms with Crippen molar-refractivity contribution in [2.24, 2.45) is 0 Å². The minimum absolute atomic E-state index is 0.222. The highest BCUT2D eigenvalue weighted by atomic mass is 16.5. The smallest absolute Gasteiger partial charge is 0.329 e. The molecule has 1 aromatic heterocycles. The molecule has 0 saturated carbocycles. The van der Waals surface area contributed by atoms with E-state index in [1.165, 1.54) is 6.07 Å². The lowest BCUT2D eigenvalue weighted by atomic mass is 10.1. The number of hydrogen-bond donors (Lipinski definition) is 0. The summed E-state index contributed by atoms with van der Waals surface area (Å²) in [5.74, 6) is -0.864. The van der Waals surface area contributed by atoms with E-state index in [1.54, 1.807) is 13.8 Å². The molecule has 1 atom stereocenters. The molecule has 0 saturated heterocycles. The largest absolute Gasteiger partial charge is 0.478 e. The molecule has 6 heteroatoms. The summed E-state index contributed by atoms with van der Waals surface area (Å²) in [7, 11) is 0. The molecule has 0 aliphatic carbocycles. The molecule has 0 fully saturated rings. The molecule has 18 heavy (non-hydrogen) atoms. The molecule has 0 radical (unpaired) electrons. The summed E-state index contributed by atoms with van der Waals surface area (Å²) in [6.07, 6.45) is 0. The molecule has 1 rings (SSSR count). The van der Waals surface area contributed by atoms with E-state index in [9.17, 15) is 4.79 Å². The fourth-order valence-corrected chi connectivity index (χ4v) is 1.40. The Morgan fingerprint density at radius 3 is 2.72 bits per heavy atom. The van der Waals surface area contributed by atoms with E-state index in [0.717, 1.165) is 0 Å². The Bertz CT molecular complexity index is 468. The predicted octanol–water partition coefficient (Wildman–Crippen LogP) is 1.35. The van der Waals surface area contributed by atoms with Crippen LogP contribution in [0.2, 0.25) is 0 Å². The van der Waals surface area contributed by atoms with Crippen LogP contribution < -0.4 is 4.74 Å². The molecular weight excluding hydrogens is 234 g/mol. The summed E-state index contributed by atoms with van der Waals surface area (Å²) >= 11 is 0. The summed E-state index contributed by atoms with van der Waals surface area (Å²) in [6.45, 7) is 5.85. The molecule has 1 unspecified atom stereocenters. The van der Waals surface area contributed by atoms with E-state index in [4.69, 9.17) is 14.7 Å². The van der Waals surface area contributed by atoms with Crippen molar-refractivity contribution < 1.29 is 14.3 Å². The van der Waals surface area contributed by atoms with E-state index in [0.29, 0.717) is 24.0 Å². The minimum atomic E-state index is -1.05. The van der Waals surface area contributed by atoms with Crippen molar-refractivity contribution in [3.8, 4) is 11.9 Å². The summed E-state index contributed by atoms with van der Waals surface area (Å²) in [4.78, 5) is 19.7. The average molecular weight is 249 g/mol. The Labute approximate surface area is 106 Å². The van der Waals surface area contributed by atoms with Crippen LogP contribution >= 0.6 is 0 Å². The lowest BCUT2D eigenvalue weighted by molar-refractivity contribution is -0.143. The van der Waals surface area contributed by atoms with Gasteiger partial charge in [-0.15, -0.1) is 0 Å². The lowest BCUT2D eigenvalue weighted by Gasteiger charge is -2.10. The van der Waals surface area contributed by atoms with Gasteiger partial charge < -0.3 is 9.47 Å². The van der Waals surface area contributed by atoms with Crippen LogP contribution in [0.3, 0.4) is 0 Å². The van der Waals surface area contributed by atoms with E-state index in [2.05, 4.69) is 9.97 Å². The maximum Gasteiger partial charge on any atom is 0.329 e. The third kappa shape index (κ3) is 3.42. The topological polar surface area (TPSA) is 85.1 Å². The third-order valence-corrected chi connectivity index (χ3v) is 2.07. The summed E-state index contributed by atoms with van der Waals surface area (Å²) in [5, 5.41) is 9.04. The van der Waals surface area contributed by atoms with Crippen molar-refractivity contribution in [3.05, 3.63) is 17.6 Å². The zero-order valence-electron chi connectivity index (χ0n) is 10.6. The molecule has 96 valence electrons. The first-order valence-electron chi connectivity index (χ1n) is 5.67. The van der Waals surface area contributed by atoms with Crippen LogP contribution in [0.4, 0.5) is 0 Å². The fraction of sp³-hybridized carbons (Fsp3) is 0.500. The van der Waals surface area contributed by atoms with E-state index < -0.39 is 11.9 Å². The number of ether oxygens (including phenoxy) is 2. The van der Waals surface area contributed by atoms with Gasteiger partial charge in [-0.25, -0.2) is 4.98 Å². The van der Waals surface area contributed by atoms with Crippen LogP contribution in [-0.2, 0) is 9.53 Å². The number of rotatable bonds is 5. The maximum absolute atomic E-state index is 11.6. The Balaban J connectivity index is 3.06. The lowest BCUT2D eigenvalue weighted by Crippen LogP contribution is -2.16. The van der Waals surface area contributed by atoms with Crippen LogP contribution in [0.5, 0.6) is 5.88 Å². The highest BCUT2D eigenvalue weighted by Gasteiger charge is 2.24. The van der Waals surface area contributed by atoms with Crippen molar-refractivity contribution in [1.82, 2.24) is 9.97 Å². The van der Waals surface area contributed by atoms with Crippen molar-refractivity contribution in [2.45, 2.75) is 26.7 Å². The molecule has 6 nitrogen and oxygen atoms in total. The van der Waals surface area contributed by atoms with Crippen LogP contribution in [0.15, 0.2) is 6.07 Å². The van der Waals surface area contributed by atoms with Gasteiger partial charge in [0.25, 0.3) is 0 Å². The van der Waals surface area contributed by atoms with Gasteiger partial charge in [-0.05, 0) is 20.8 Å². The number of aromatic nitrogens is 2. The second kappa shape index (κ2) is 6.55. The monoisotopic (exact) mass is 249 g/mol. The van der Waals surface area contributed by atoms with Crippen molar-refractivity contribution in [3.63, 3.8) is 0 Å². The zero-order chi connectivity index (χ0) is 13.5. The quantitative estimate of drug-likeness (QED) is 0.732. The number of hydrogen-bond acceptors (Lipinski definition) is 6. The van der Waals surface area contributed by atoms with Gasteiger partial charge in [0.2, 0.25) is 5.88 Å². The number of nitriles is 1. The van der Waals surface area contributed by atoms with Gasteiger partial charge in [-0.3, -0.25) is 4.79 Å². The van der Waals surface area contributed by atoms with Gasteiger partial charge in [-0.1, -0.05) is 0 Å². The van der Waals surface area contributed by atoms with Crippen molar-refractivity contribution >= 4 is 5.97 Å². The van der Waals surface area contributed by atoms with E-state index >= 15 is 0 Å². The molecule has 0 spiro atoms. The summed E-state index contributed by atoms with van der Waals surface area (Å²) < 4.78 is 10.1. The van der Waals surface area contributed by atoms with Crippen LogP contribution in [-0.4, -0.2) is 29.2 Å². The zero-order valence-corrected chi connectivity index (χ0v) is 10.6. The third-order valence-electron chi connectivity index (χ3n) is 2.07. The van der Waals surface area contributed by atoms with Gasteiger partial charge in [-0.2, -0.15) is 10.2 Å². The highest BCUT2D eigenvalue weighted by Crippen LogP contribution is 2.19. The normalized spacial score (nSPS) is 11.4. The number of esters is 1. The molecule has 0 aliphatic rings. The Morgan fingerprint density at radius 2 is 2.17 bits per heavy atom. The molecule has 0 amide bonds. The summed E-state index contributed by atoms with van der Waals surface area (Å²) in [6, 6.07) is 3.37. The number of carbonyl (C=O) groups is 1.